The van der Waals surface area contributed by atoms with Crippen molar-refractivity contribution in [3.63, 3.8) is 0 Å². The van der Waals surface area contributed by atoms with Crippen molar-refractivity contribution in [3.05, 3.63) is 17.8 Å². The molecule has 0 radical (unpaired) electrons. The van der Waals surface area contributed by atoms with Crippen molar-refractivity contribution in [3.8, 4) is 11.4 Å². The largest absolute Gasteiger partial charge is 0.364 e. The zero-order chi connectivity index (χ0) is 18.1. The van der Waals surface area contributed by atoms with Crippen LogP contribution < -0.4 is 5.14 Å². The van der Waals surface area contributed by atoms with Crippen LogP contribution in [0, 0.1) is 5.41 Å². The Balaban J connectivity index is 1.35. The third kappa shape index (κ3) is 2.48. The molecule has 2 saturated carbocycles. The molecular weight excluding hydrogens is 365 g/mol. The molecule has 1 spiro atoms. The van der Waals surface area contributed by atoms with Gasteiger partial charge in [0.1, 0.15) is 12.4 Å². The van der Waals surface area contributed by atoms with Crippen molar-refractivity contribution < 1.29 is 21.9 Å². The number of rotatable bonds is 4. The first kappa shape index (κ1) is 16.3. The van der Waals surface area contributed by atoms with Gasteiger partial charge < -0.3 is 9.05 Å². The molecule has 2 aliphatic carbocycles. The zero-order valence-corrected chi connectivity index (χ0v) is 14.7. The minimum absolute atomic E-state index is 0.203. The van der Waals surface area contributed by atoms with E-state index in [0.717, 1.165) is 28.4 Å². The molecule has 5 rings (SSSR count). The highest BCUT2D eigenvalue weighted by Crippen LogP contribution is 2.65. The molecule has 26 heavy (non-hydrogen) atoms. The second-order valence-electron chi connectivity index (χ2n) is 7.45. The molecular formula is C15H18FN5O4S. The van der Waals surface area contributed by atoms with Gasteiger partial charge in [0, 0.05) is 30.3 Å². The van der Waals surface area contributed by atoms with Crippen LogP contribution in [0.15, 0.2) is 15.3 Å². The van der Waals surface area contributed by atoms with Gasteiger partial charge >= 0.3 is 0 Å². The van der Waals surface area contributed by atoms with Gasteiger partial charge in [-0.15, -0.1) is 0 Å². The average Bonchev–Trinajstić information content (AvgIpc) is 3.44. The summed E-state index contributed by atoms with van der Waals surface area (Å²) in [5.74, 6) is 0.971. The van der Waals surface area contributed by atoms with Gasteiger partial charge in [-0.05, 0) is 25.7 Å². The number of halogens is 1. The molecule has 2 N–H and O–H groups in total. The number of aromatic nitrogens is 3. The molecule has 3 heterocycles. The Hall–Kier alpha value is -1.85. The van der Waals surface area contributed by atoms with E-state index >= 15 is 0 Å². The Morgan fingerprint density at radius 1 is 1.35 bits per heavy atom. The molecule has 0 bridgehead atoms. The zero-order valence-electron chi connectivity index (χ0n) is 13.8. The number of nitrogens with zero attached hydrogens (tertiary/aromatic N) is 4. The Kier molecular flexibility index (Phi) is 3.35. The molecule has 3 aliphatic rings. The molecule has 0 aromatic carbocycles. The van der Waals surface area contributed by atoms with E-state index in [1.807, 2.05) is 0 Å². The number of hydrogen-bond donors (Lipinski definition) is 1. The molecule has 3 atom stereocenters. The highest BCUT2D eigenvalue weighted by Gasteiger charge is 2.64. The van der Waals surface area contributed by atoms with E-state index in [2.05, 4.69) is 15.3 Å². The average molecular weight is 383 g/mol. The molecule has 2 aromatic heterocycles. The fourth-order valence-electron chi connectivity index (χ4n) is 4.00. The van der Waals surface area contributed by atoms with Gasteiger partial charge in [0.05, 0.1) is 11.3 Å². The van der Waals surface area contributed by atoms with Crippen LogP contribution in [0.2, 0.25) is 0 Å². The maximum Gasteiger partial charge on any atom is 0.276 e. The fourth-order valence-corrected chi connectivity index (χ4v) is 4.68. The Morgan fingerprint density at radius 3 is 2.85 bits per heavy atom. The number of piperidine rings is 1. The van der Waals surface area contributed by atoms with Gasteiger partial charge in [-0.2, -0.15) is 17.7 Å². The predicted octanol–water partition coefficient (Wildman–Crippen LogP) is 1.32. The quantitative estimate of drug-likeness (QED) is 0.843. The first-order chi connectivity index (χ1) is 12.4. The van der Waals surface area contributed by atoms with Crippen LogP contribution in [-0.4, -0.2) is 47.3 Å². The van der Waals surface area contributed by atoms with Crippen molar-refractivity contribution in [2.24, 2.45) is 10.6 Å². The molecule has 1 saturated heterocycles. The van der Waals surface area contributed by atoms with Gasteiger partial charge in [0.25, 0.3) is 10.2 Å². The van der Waals surface area contributed by atoms with Crippen molar-refractivity contribution in [1.82, 2.24) is 19.6 Å². The second kappa shape index (κ2) is 5.33. The van der Waals surface area contributed by atoms with Crippen molar-refractivity contribution in [1.29, 1.82) is 0 Å². The van der Waals surface area contributed by atoms with Crippen LogP contribution in [0.5, 0.6) is 0 Å². The summed E-state index contributed by atoms with van der Waals surface area (Å²) < 4.78 is 49.0. The molecule has 3 fully saturated rings. The molecule has 2 aromatic rings. The molecule has 0 amide bonds. The third-order valence-corrected chi connectivity index (χ3v) is 6.89. The Morgan fingerprint density at radius 2 is 2.15 bits per heavy atom. The SMILES string of the molecule is NS(=O)(=O)N1CCC2(CC2c2nc(-c3conc3C3CC3)no2)C(F)C1. The number of nitrogens with two attached hydrogens (primary N) is 1. The summed E-state index contributed by atoms with van der Waals surface area (Å²) in [4.78, 5) is 4.44. The topological polar surface area (TPSA) is 128 Å². The summed E-state index contributed by atoms with van der Waals surface area (Å²) in [5.41, 5.74) is 0.921. The molecule has 140 valence electrons. The molecule has 11 heteroatoms. The fraction of sp³-hybridized carbons (Fsp3) is 0.667. The summed E-state index contributed by atoms with van der Waals surface area (Å²) in [6.07, 6.45) is 3.28. The lowest BCUT2D eigenvalue weighted by atomic mass is 9.90. The maximum atomic E-state index is 14.7. The summed E-state index contributed by atoms with van der Waals surface area (Å²) in [6, 6.07) is 0. The lowest BCUT2D eigenvalue weighted by Crippen LogP contribution is -2.48. The van der Waals surface area contributed by atoms with E-state index in [-0.39, 0.29) is 19.0 Å². The van der Waals surface area contributed by atoms with Crippen LogP contribution in [0.4, 0.5) is 4.39 Å². The van der Waals surface area contributed by atoms with E-state index in [1.54, 1.807) is 0 Å². The Bertz CT molecular complexity index is 955. The van der Waals surface area contributed by atoms with Crippen LogP contribution in [0.25, 0.3) is 11.4 Å². The summed E-state index contributed by atoms with van der Waals surface area (Å²) in [6.45, 7) is -0.0258. The minimum atomic E-state index is -3.87. The maximum absolute atomic E-state index is 14.7. The van der Waals surface area contributed by atoms with Crippen LogP contribution in [0.1, 0.15) is 49.1 Å². The van der Waals surface area contributed by atoms with E-state index in [0.29, 0.717) is 30.5 Å². The van der Waals surface area contributed by atoms with Crippen molar-refractivity contribution in [2.45, 2.75) is 43.7 Å². The van der Waals surface area contributed by atoms with E-state index in [9.17, 15) is 12.8 Å². The normalized spacial score (nSPS) is 32.2. The van der Waals surface area contributed by atoms with Crippen molar-refractivity contribution >= 4 is 10.2 Å². The monoisotopic (exact) mass is 383 g/mol. The van der Waals surface area contributed by atoms with Gasteiger partial charge in [-0.3, -0.25) is 0 Å². The first-order valence-corrected chi connectivity index (χ1v) is 10.1. The summed E-state index contributed by atoms with van der Waals surface area (Å²) in [5, 5.41) is 13.1. The first-order valence-electron chi connectivity index (χ1n) is 8.59. The third-order valence-electron chi connectivity index (χ3n) is 5.83. The van der Waals surface area contributed by atoms with E-state index in [1.165, 1.54) is 6.26 Å². The Labute approximate surface area is 148 Å². The van der Waals surface area contributed by atoms with Gasteiger partial charge in [0.2, 0.25) is 11.7 Å². The number of hydrogen-bond acceptors (Lipinski definition) is 7. The van der Waals surface area contributed by atoms with E-state index in [4.69, 9.17) is 14.2 Å². The highest BCUT2D eigenvalue weighted by molar-refractivity contribution is 7.86. The minimum Gasteiger partial charge on any atom is -0.364 e. The van der Waals surface area contributed by atoms with Gasteiger partial charge in [-0.25, -0.2) is 9.53 Å². The highest BCUT2D eigenvalue weighted by atomic mass is 32.2. The van der Waals surface area contributed by atoms with Crippen LogP contribution in [0.3, 0.4) is 0 Å². The van der Waals surface area contributed by atoms with Crippen LogP contribution in [-0.2, 0) is 10.2 Å². The second-order valence-corrected chi connectivity index (χ2v) is 9.00. The summed E-state index contributed by atoms with van der Waals surface area (Å²) >= 11 is 0. The van der Waals surface area contributed by atoms with Crippen molar-refractivity contribution in [2.75, 3.05) is 13.1 Å². The lowest BCUT2D eigenvalue weighted by Gasteiger charge is -2.33. The number of alkyl halides is 1. The van der Waals surface area contributed by atoms with Gasteiger partial charge in [-0.1, -0.05) is 10.3 Å². The predicted molar refractivity (Wildman–Crippen MR) is 85.8 cm³/mol. The van der Waals surface area contributed by atoms with E-state index < -0.39 is 21.8 Å². The molecule has 1 aliphatic heterocycles. The van der Waals surface area contributed by atoms with Crippen LogP contribution >= 0.6 is 0 Å². The smallest absolute Gasteiger partial charge is 0.276 e. The molecule has 3 unspecified atom stereocenters. The molecule has 9 nitrogen and oxygen atoms in total. The lowest BCUT2D eigenvalue weighted by molar-refractivity contribution is 0.107. The van der Waals surface area contributed by atoms with Gasteiger partial charge in [0.15, 0.2) is 0 Å². The standard InChI is InChI=1S/C15H18FN5O4S/c16-11-6-21(26(17,22)23)4-3-15(11)5-10(15)14-18-13(20-25-14)9-7-24-19-12(9)8-1-2-8/h7-8,10-11H,1-6H2,(H2,17,22,23). The summed E-state index contributed by atoms with van der Waals surface area (Å²) in [7, 11) is -3.87.